The second kappa shape index (κ2) is 9.70. The minimum Gasteiger partial charge on any atom is -0.465 e. The zero-order valence-corrected chi connectivity index (χ0v) is 18.6. The number of hydrogen-bond acceptors (Lipinski definition) is 6. The smallest absolute Gasteiger partial charge is 0.410 e. The Morgan fingerprint density at radius 1 is 1.13 bits per heavy atom. The summed E-state index contributed by atoms with van der Waals surface area (Å²) in [6.07, 6.45) is -0.279. The Kier molecular flexibility index (Phi) is 7.25. The fourth-order valence-corrected chi connectivity index (χ4v) is 3.63. The Morgan fingerprint density at radius 3 is 2.33 bits per heavy atom. The lowest BCUT2D eigenvalue weighted by molar-refractivity contribution is 0.0132. The third-order valence-electron chi connectivity index (χ3n) is 5.26. The summed E-state index contributed by atoms with van der Waals surface area (Å²) >= 11 is 0. The molecule has 0 spiro atoms. The lowest BCUT2D eigenvalue weighted by atomic mass is 10.1. The van der Waals surface area contributed by atoms with E-state index in [4.69, 9.17) is 19.6 Å². The molecule has 0 aromatic carbocycles. The minimum atomic E-state index is -0.493. The van der Waals surface area contributed by atoms with Gasteiger partial charge in [-0.15, -0.1) is 0 Å². The summed E-state index contributed by atoms with van der Waals surface area (Å²) in [6.45, 7) is 13.6. The van der Waals surface area contributed by atoms with E-state index in [1.807, 2.05) is 44.7 Å². The van der Waals surface area contributed by atoms with Crippen molar-refractivity contribution in [3.63, 3.8) is 0 Å². The molecule has 2 fully saturated rings. The molecule has 1 aromatic heterocycles. The number of guanidine groups is 1. The van der Waals surface area contributed by atoms with E-state index in [0.717, 1.165) is 24.6 Å². The van der Waals surface area contributed by atoms with Gasteiger partial charge in [-0.3, -0.25) is 9.89 Å². The van der Waals surface area contributed by atoms with Crippen LogP contribution in [0.5, 0.6) is 0 Å². The molecule has 3 heterocycles. The number of rotatable bonds is 4. The van der Waals surface area contributed by atoms with Crippen LogP contribution in [0.3, 0.4) is 0 Å². The first-order chi connectivity index (χ1) is 14.2. The number of piperazine rings is 1. The fraction of sp³-hybridized carbons (Fsp3) is 0.714. The van der Waals surface area contributed by atoms with Gasteiger partial charge in [0.2, 0.25) is 0 Å². The maximum absolute atomic E-state index is 12.2. The van der Waals surface area contributed by atoms with Crippen molar-refractivity contribution < 1.29 is 18.7 Å². The second-order valence-electron chi connectivity index (χ2n) is 8.77. The lowest BCUT2D eigenvalue weighted by Gasteiger charge is -2.36. The number of ether oxygens (including phenoxy) is 2. The molecule has 9 nitrogen and oxygen atoms in total. The zero-order chi connectivity index (χ0) is 21.7. The topological polar surface area (TPSA) is 96.8 Å². The predicted octanol–water partition coefficient (Wildman–Crippen LogP) is 1.83. The first kappa shape index (κ1) is 22.4. The average Bonchev–Trinajstić information content (AvgIpc) is 3.13. The number of nitrogens with zero attached hydrogens (tertiary/aromatic N) is 4. The van der Waals surface area contributed by atoms with Gasteiger partial charge >= 0.3 is 6.09 Å². The Hall–Kier alpha value is -2.26. The SMILES string of the molecule is Cc1ccc(C(CN=C(N)N2CCN(C(=O)OC(C)(C)C)CC2)N2CCOCC2)o1. The van der Waals surface area contributed by atoms with Gasteiger partial charge < -0.3 is 29.4 Å². The molecule has 2 N–H and O–H groups in total. The van der Waals surface area contributed by atoms with E-state index in [2.05, 4.69) is 9.89 Å². The predicted molar refractivity (Wildman–Crippen MR) is 114 cm³/mol. The molecule has 9 heteroatoms. The molecule has 168 valence electrons. The molecule has 1 atom stereocenters. The number of carbonyl (C=O) groups is 1. The summed E-state index contributed by atoms with van der Waals surface area (Å²) < 4.78 is 16.8. The highest BCUT2D eigenvalue weighted by Crippen LogP contribution is 2.24. The van der Waals surface area contributed by atoms with Crippen molar-refractivity contribution in [1.82, 2.24) is 14.7 Å². The third-order valence-corrected chi connectivity index (χ3v) is 5.26. The van der Waals surface area contributed by atoms with E-state index in [1.54, 1.807) is 4.90 Å². The average molecular weight is 422 g/mol. The quantitative estimate of drug-likeness (QED) is 0.585. The van der Waals surface area contributed by atoms with Crippen LogP contribution in [-0.4, -0.2) is 91.4 Å². The van der Waals surface area contributed by atoms with E-state index >= 15 is 0 Å². The molecular formula is C21H35N5O4. The highest BCUT2D eigenvalue weighted by atomic mass is 16.6. The van der Waals surface area contributed by atoms with Gasteiger partial charge in [0.1, 0.15) is 17.1 Å². The molecule has 0 radical (unpaired) electrons. The molecule has 2 aliphatic rings. The van der Waals surface area contributed by atoms with Gasteiger partial charge in [0.25, 0.3) is 0 Å². The van der Waals surface area contributed by atoms with Crippen molar-refractivity contribution in [2.45, 2.75) is 39.3 Å². The van der Waals surface area contributed by atoms with Gasteiger partial charge in [0, 0.05) is 39.3 Å². The number of hydrogen-bond donors (Lipinski definition) is 1. The van der Waals surface area contributed by atoms with Crippen LogP contribution in [0, 0.1) is 6.92 Å². The van der Waals surface area contributed by atoms with Gasteiger partial charge in [-0.25, -0.2) is 4.79 Å². The van der Waals surface area contributed by atoms with Crippen LogP contribution < -0.4 is 5.73 Å². The van der Waals surface area contributed by atoms with Gasteiger partial charge in [-0.1, -0.05) is 0 Å². The Labute approximate surface area is 178 Å². The fourth-order valence-electron chi connectivity index (χ4n) is 3.63. The van der Waals surface area contributed by atoms with E-state index in [1.165, 1.54) is 0 Å². The largest absolute Gasteiger partial charge is 0.465 e. The maximum atomic E-state index is 12.2. The van der Waals surface area contributed by atoms with Crippen molar-refractivity contribution in [1.29, 1.82) is 0 Å². The molecule has 30 heavy (non-hydrogen) atoms. The molecule has 0 saturated carbocycles. The first-order valence-corrected chi connectivity index (χ1v) is 10.6. The highest BCUT2D eigenvalue weighted by Gasteiger charge is 2.28. The normalized spacial score (nSPS) is 20.3. The van der Waals surface area contributed by atoms with Crippen molar-refractivity contribution >= 4 is 12.1 Å². The number of carbonyl (C=O) groups excluding carboxylic acids is 1. The summed E-state index contributed by atoms with van der Waals surface area (Å²) in [7, 11) is 0. The first-order valence-electron chi connectivity index (χ1n) is 10.6. The monoisotopic (exact) mass is 421 g/mol. The number of aryl methyl sites for hydroxylation is 1. The van der Waals surface area contributed by atoms with Crippen LogP contribution >= 0.6 is 0 Å². The number of furan rings is 1. The van der Waals surface area contributed by atoms with Gasteiger partial charge in [0.05, 0.1) is 25.8 Å². The molecule has 3 rings (SSSR count). The molecule has 0 bridgehead atoms. The lowest BCUT2D eigenvalue weighted by Crippen LogP contribution is -2.53. The van der Waals surface area contributed by atoms with Crippen LogP contribution in [0.1, 0.15) is 38.3 Å². The highest BCUT2D eigenvalue weighted by molar-refractivity contribution is 5.78. The molecule has 0 aliphatic carbocycles. The van der Waals surface area contributed by atoms with Crippen molar-refractivity contribution in [3.05, 3.63) is 23.7 Å². The van der Waals surface area contributed by atoms with Crippen LogP contribution in [0.25, 0.3) is 0 Å². The van der Waals surface area contributed by atoms with Gasteiger partial charge in [-0.05, 0) is 39.8 Å². The Balaban J connectivity index is 1.58. The zero-order valence-electron chi connectivity index (χ0n) is 18.6. The summed E-state index contributed by atoms with van der Waals surface area (Å²) in [5, 5.41) is 0. The Morgan fingerprint density at radius 2 is 1.77 bits per heavy atom. The summed E-state index contributed by atoms with van der Waals surface area (Å²) in [5.41, 5.74) is 5.81. The number of aliphatic imine (C=N–C) groups is 1. The molecule has 2 saturated heterocycles. The van der Waals surface area contributed by atoms with Gasteiger partial charge in [-0.2, -0.15) is 0 Å². The van der Waals surface area contributed by atoms with Crippen LogP contribution in [0.15, 0.2) is 21.5 Å². The Bertz CT molecular complexity index is 728. The van der Waals surface area contributed by atoms with E-state index in [9.17, 15) is 4.79 Å². The molecule has 1 aromatic rings. The standard InChI is InChI=1S/C21H35N5O4/c1-16-5-6-18(29-16)17(24-11-13-28-14-12-24)15-23-19(22)25-7-9-26(10-8-25)20(27)30-21(2,3)4/h5-6,17H,7-15H2,1-4H3,(H2,22,23). The molecule has 2 aliphatic heterocycles. The van der Waals surface area contributed by atoms with Crippen molar-refractivity contribution in [2.75, 3.05) is 59.0 Å². The van der Waals surface area contributed by atoms with Crippen molar-refractivity contribution in [2.24, 2.45) is 10.7 Å². The molecule has 1 amide bonds. The third kappa shape index (κ3) is 6.12. The number of amides is 1. The van der Waals surface area contributed by atoms with Gasteiger partial charge in [0.15, 0.2) is 5.96 Å². The molecular weight excluding hydrogens is 386 g/mol. The van der Waals surface area contributed by atoms with Crippen LogP contribution in [-0.2, 0) is 9.47 Å². The second-order valence-corrected chi connectivity index (χ2v) is 8.77. The number of nitrogens with two attached hydrogens (primary N) is 1. The summed E-state index contributed by atoms with van der Waals surface area (Å²) in [6, 6.07) is 4.02. The number of morpholine rings is 1. The van der Waals surface area contributed by atoms with E-state index in [-0.39, 0.29) is 12.1 Å². The van der Waals surface area contributed by atoms with E-state index in [0.29, 0.717) is 51.9 Å². The van der Waals surface area contributed by atoms with E-state index < -0.39 is 5.60 Å². The summed E-state index contributed by atoms with van der Waals surface area (Å²) in [4.78, 5) is 23.0. The molecule has 1 unspecified atom stereocenters. The summed E-state index contributed by atoms with van der Waals surface area (Å²) in [5.74, 6) is 2.29. The van der Waals surface area contributed by atoms with Crippen LogP contribution in [0.4, 0.5) is 4.79 Å². The minimum absolute atomic E-state index is 0.0317. The van der Waals surface area contributed by atoms with Crippen LogP contribution in [0.2, 0.25) is 0 Å². The van der Waals surface area contributed by atoms with Crippen molar-refractivity contribution in [3.8, 4) is 0 Å². The maximum Gasteiger partial charge on any atom is 0.410 e.